The largest absolute Gasteiger partial charge is 0.422 e. The highest BCUT2D eigenvalue weighted by molar-refractivity contribution is 6.28. The van der Waals surface area contributed by atoms with E-state index in [1.807, 2.05) is 36.5 Å². The van der Waals surface area contributed by atoms with Gasteiger partial charge >= 0.3 is 0 Å². The van der Waals surface area contributed by atoms with Crippen LogP contribution in [0.3, 0.4) is 0 Å². The SMILES string of the molecule is COC/C=C/C\C=C/C=C/C=C\C[B]OC(C)(N)C(C)(C)O. The molecule has 1 atom stereocenters. The molecule has 0 aliphatic carbocycles. The van der Waals surface area contributed by atoms with Crippen LogP contribution in [0.4, 0.5) is 0 Å². The molecule has 0 aliphatic rings. The molecule has 0 heterocycles. The van der Waals surface area contributed by atoms with E-state index in [9.17, 15) is 5.11 Å². The Bertz CT molecular complexity index is 393. The van der Waals surface area contributed by atoms with Gasteiger partial charge in [-0.15, -0.1) is 0 Å². The highest BCUT2D eigenvalue weighted by Crippen LogP contribution is 2.19. The first-order valence-electron chi connectivity index (χ1n) is 7.44. The second-order valence-corrected chi connectivity index (χ2v) is 5.59. The molecule has 0 amide bonds. The summed E-state index contributed by atoms with van der Waals surface area (Å²) in [6.07, 6.45) is 17.4. The Morgan fingerprint density at radius 2 is 1.64 bits per heavy atom. The van der Waals surface area contributed by atoms with E-state index in [4.69, 9.17) is 15.1 Å². The van der Waals surface area contributed by atoms with E-state index in [1.54, 1.807) is 35.4 Å². The lowest BCUT2D eigenvalue weighted by atomic mass is 9.90. The summed E-state index contributed by atoms with van der Waals surface area (Å²) in [5.41, 5.74) is 3.67. The van der Waals surface area contributed by atoms with Crippen LogP contribution in [0.25, 0.3) is 0 Å². The Kier molecular flexibility index (Phi) is 10.8. The Labute approximate surface area is 135 Å². The molecular formula is C17H29BNO3. The van der Waals surface area contributed by atoms with Gasteiger partial charge in [0.15, 0.2) is 0 Å². The van der Waals surface area contributed by atoms with Gasteiger partial charge in [0.05, 0.1) is 12.2 Å². The first kappa shape index (κ1) is 20.9. The smallest absolute Gasteiger partial charge is 0.299 e. The van der Waals surface area contributed by atoms with Gasteiger partial charge in [0, 0.05) is 7.11 Å². The predicted octanol–water partition coefficient (Wildman–Crippen LogP) is 2.75. The molecule has 0 saturated carbocycles. The monoisotopic (exact) mass is 306 g/mol. The minimum absolute atomic E-state index is 0.622. The van der Waals surface area contributed by atoms with E-state index >= 15 is 0 Å². The van der Waals surface area contributed by atoms with Crippen molar-refractivity contribution in [3.63, 3.8) is 0 Å². The maximum Gasteiger partial charge on any atom is 0.299 e. The lowest BCUT2D eigenvalue weighted by Crippen LogP contribution is -2.57. The van der Waals surface area contributed by atoms with Crippen LogP contribution in [-0.2, 0) is 9.39 Å². The molecule has 0 aromatic rings. The van der Waals surface area contributed by atoms with Gasteiger partial charge in [0.1, 0.15) is 5.72 Å². The fourth-order valence-electron chi connectivity index (χ4n) is 1.20. The lowest BCUT2D eigenvalue weighted by Gasteiger charge is -2.37. The molecule has 3 N–H and O–H groups in total. The standard InChI is InChI=1S/C17H29BNO3/c1-16(2,20)17(3,19)22-18-14-12-10-8-6-5-7-9-11-13-15-21-4/h5-8,10-13,20H,9,14-15,19H2,1-4H3/b7-5-,8-6+,12-10-,13-11+. The van der Waals surface area contributed by atoms with Crippen LogP contribution in [-0.4, -0.2) is 37.6 Å². The molecular weight excluding hydrogens is 277 g/mol. The van der Waals surface area contributed by atoms with Crippen molar-refractivity contribution in [3.05, 3.63) is 48.6 Å². The zero-order valence-electron chi connectivity index (χ0n) is 14.2. The summed E-state index contributed by atoms with van der Waals surface area (Å²) < 4.78 is 10.3. The van der Waals surface area contributed by atoms with Crippen molar-refractivity contribution in [2.75, 3.05) is 13.7 Å². The maximum absolute atomic E-state index is 9.82. The zero-order chi connectivity index (χ0) is 16.9. The minimum Gasteiger partial charge on any atom is -0.422 e. The van der Waals surface area contributed by atoms with Crippen molar-refractivity contribution in [1.29, 1.82) is 0 Å². The summed E-state index contributed by atoms with van der Waals surface area (Å²) in [6.45, 7) is 5.55. The van der Waals surface area contributed by atoms with E-state index in [-0.39, 0.29) is 0 Å². The quantitative estimate of drug-likeness (QED) is 0.202. The molecule has 0 aliphatic heterocycles. The van der Waals surface area contributed by atoms with E-state index < -0.39 is 11.3 Å². The second kappa shape index (κ2) is 11.4. The molecule has 123 valence electrons. The van der Waals surface area contributed by atoms with Crippen molar-refractivity contribution in [3.8, 4) is 0 Å². The summed E-state index contributed by atoms with van der Waals surface area (Å²) in [5, 5.41) is 9.82. The number of hydrogen-bond acceptors (Lipinski definition) is 4. The van der Waals surface area contributed by atoms with Gasteiger partial charge in [-0.2, -0.15) is 0 Å². The van der Waals surface area contributed by atoms with E-state index in [0.717, 1.165) is 6.42 Å². The number of rotatable bonds is 11. The normalized spacial score (nSPS) is 16.3. The number of methoxy groups -OCH3 is 1. The van der Waals surface area contributed by atoms with Crippen LogP contribution >= 0.6 is 0 Å². The Hall–Kier alpha value is -1.14. The molecule has 0 fully saturated rings. The van der Waals surface area contributed by atoms with Gasteiger partial charge in [-0.05, 0) is 33.5 Å². The highest BCUT2D eigenvalue weighted by atomic mass is 16.5. The topological polar surface area (TPSA) is 64.7 Å². The molecule has 0 bridgehead atoms. The third-order valence-electron chi connectivity index (χ3n) is 3.08. The summed E-state index contributed by atoms with van der Waals surface area (Å²) in [4.78, 5) is 0. The number of ether oxygens (including phenoxy) is 1. The fourth-order valence-corrected chi connectivity index (χ4v) is 1.20. The molecule has 0 aromatic heterocycles. The molecule has 22 heavy (non-hydrogen) atoms. The van der Waals surface area contributed by atoms with E-state index in [1.165, 1.54) is 0 Å². The first-order chi connectivity index (χ1) is 10.3. The molecule has 0 spiro atoms. The summed E-state index contributed by atoms with van der Waals surface area (Å²) in [6, 6.07) is 0. The molecule has 4 nitrogen and oxygen atoms in total. The minimum atomic E-state index is -1.10. The van der Waals surface area contributed by atoms with Crippen LogP contribution in [0.2, 0.25) is 6.32 Å². The van der Waals surface area contributed by atoms with Crippen LogP contribution in [0.5, 0.6) is 0 Å². The third kappa shape index (κ3) is 10.6. The number of aliphatic hydroxyl groups is 1. The molecule has 1 radical (unpaired) electrons. The Morgan fingerprint density at radius 3 is 2.23 bits per heavy atom. The van der Waals surface area contributed by atoms with Gasteiger partial charge < -0.3 is 20.2 Å². The van der Waals surface area contributed by atoms with Gasteiger partial charge in [-0.1, -0.05) is 48.6 Å². The van der Waals surface area contributed by atoms with Crippen molar-refractivity contribution >= 4 is 7.48 Å². The molecule has 5 heteroatoms. The average Bonchev–Trinajstić information content (AvgIpc) is 2.42. The summed E-state index contributed by atoms with van der Waals surface area (Å²) >= 11 is 0. The lowest BCUT2D eigenvalue weighted by molar-refractivity contribution is -0.0980. The molecule has 1 unspecified atom stereocenters. The Morgan fingerprint density at radius 1 is 1.00 bits per heavy atom. The number of allylic oxidation sites excluding steroid dienone is 7. The average molecular weight is 306 g/mol. The van der Waals surface area contributed by atoms with Crippen LogP contribution in [0.15, 0.2) is 48.6 Å². The van der Waals surface area contributed by atoms with E-state index in [2.05, 4.69) is 12.2 Å². The van der Waals surface area contributed by atoms with Gasteiger partial charge in [0.25, 0.3) is 7.48 Å². The maximum atomic E-state index is 9.82. The van der Waals surface area contributed by atoms with Crippen molar-refractivity contribution in [1.82, 2.24) is 0 Å². The van der Waals surface area contributed by atoms with Gasteiger partial charge in [-0.25, -0.2) is 0 Å². The highest BCUT2D eigenvalue weighted by Gasteiger charge is 2.36. The molecule has 0 rings (SSSR count). The van der Waals surface area contributed by atoms with Crippen molar-refractivity contribution < 1.29 is 14.5 Å². The Balaban J connectivity index is 3.79. The van der Waals surface area contributed by atoms with Gasteiger partial charge in [0.2, 0.25) is 0 Å². The molecule has 0 aromatic carbocycles. The van der Waals surface area contributed by atoms with Gasteiger partial charge in [-0.3, -0.25) is 0 Å². The van der Waals surface area contributed by atoms with Crippen LogP contribution in [0, 0.1) is 0 Å². The summed E-state index contributed by atoms with van der Waals surface area (Å²) in [5.74, 6) is 0. The third-order valence-corrected chi connectivity index (χ3v) is 3.08. The first-order valence-corrected chi connectivity index (χ1v) is 7.44. The summed E-state index contributed by atoms with van der Waals surface area (Å²) in [7, 11) is 3.27. The fraction of sp³-hybridized carbons (Fsp3) is 0.529. The number of nitrogens with two attached hydrogens (primary N) is 1. The van der Waals surface area contributed by atoms with Crippen molar-refractivity contribution in [2.24, 2.45) is 5.73 Å². The zero-order valence-corrected chi connectivity index (χ0v) is 14.2. The van der Waals surface area contributed by atoms with Crippen molar-refractivity contribution in [2.45, 2.75) is 44.8 Å². The van der Waals surface area contributed by atoms with Crippen LogP contribution < -0.4 is 5.73 Å². The predicted molar refractivity (Wildman–Crippen MR) is 93.6 cm³/mol. The van der Waals surface area contributed by atoms with Crippen LogP contribution in [0.1, 0.15) is 27.2 Å². The number of hydrogen-bond donors (Lipinski definition) is 2. The second-order valence-electron chi connectivity index (χ2n) is 5.59. The van der Waals surface area contributed by atoms with E-state index in [0.29, 0.717) is 12.9 Å². The molecule has 0 saturated heterocycles.